The number of halogens is 2. The summed E-state index contributed by atoms with van der Waals surface area (Å²) < 4.78 is 16.5. The number of amides is 2. The maximum atomic E-state index is 13.0. The zero-order valence-electron chi connectivity index (χ0n) is 14.3. The highest BCUT2D eigenvalue weighted by Gasteiger charge is 2.26. The zero-order chi connectivity index (χ0) is 19.8. The van der Waals surface area contributed by atoms with Crippen molar-refractivity contribution in [3.63, 3.8) is 0 Å². The van der Waals surface area contributed by atoms with Gasteiger partial charge < -0.3 is 24.9 Å². The summed E-state index contributed by atoms with van der Waals surface area (Å²) in [6.07, 6.45) is 0.101. The van der Waals surface area contributed by atoms with E-state index < -0.39 is 11.8 Å². The Morgan fingerprint density at radius 3 is 2.68 bits per heavy atom. The molecule has 1 aromatic heterocycles. The topological polar surface area (TPSA) is 107 Å². The number of fused-ring (bicyclic) bond motifs is 1. The van der Waals surface area contributed by atoms with E-state index in [1.165, 1.54) is 18.2 Å². The Kier molecular flexibility index (Phi) is 4.89. The molecule has 0 saturated carbocycles. The molecule has 1 fully saturated rings. The third-order valence-electron chi connectivity index (χ3n) is 4.13. The number of ether oxygens (including phenoxy) is 2. The van der Waals surface area contributed by atoms with Crippen LogP contribution in [-0.4, -0.2) is 31.1 Å². The summed E-state index contributed by atoms with van der Waals surface area (Å²) in [4.78, 5) is 24.5. The molecule has 144 valence electrons. The molecule has 7 nitrogen and oxygen atoms in total. The monoisotopic (exact) mass is 420 g/mol. The molecule has 3 aromatic rings. The number of furan rings is 1. The minimum absolute atomic E-state index is 0.0966. The van der Waals surface area contributed by atoms with Gasteiger partial charge in [0.25, 0.3) is 0 Å². The van der Waals surface area contributed by atoms with Gasteiger partial charge in [-0.1, -0.05) is 23.2 Å². The minimum Gasteiger partial charge on any atom is -0.491 e. The lowest BCUT2D eigenvalue weighted by Crippen LogP contribution is -2.20. The molecule has 2 heterocycles. The van der Waals surface area contributed by atoms with Crippen molar-refractivity contribution in [1.82, 2.24) is 0 Å². The van der Waals surface area contributed by atoms with Crippen LogP contribution in [0.4, 0.5) is 10.5 Å². The normalized spacial score (nSPS) is 15.4. The van der Waals surface area contributed by atoms with Gasteiger partial charge in [0.05, 0.1) is 11.6 Å². The molecule has 1 atom stereocenters. The van der Waals surface area contributed by atoms with Crippen LogP contribution in [0.5, 0.6) is 5.75 Å². The number of rotatable bonds is 6. The van der Waals surface area contributed by atoms with E-state index in [0.717, 1.165) is 0 Å². The van der Waals surface area contributed by atoms with E-state index >= 15 is 0 Å². The number of hydrogen-bond acceptors (Lipinski definition) is 5. The van der Waals surface area contributed by atoms with Crippen molar-refractivity contribution in [3.05, 3.63) is 57.8 Å². The Bertz CT molecular complexity index is 1090. The van der Waals surface area contributed by atoms with Crippen molar-refractivity contribution in [2.45, 2.75) is 6.10 Å². The SMILES string of the molecule is NC(=O)Nc1c(C(=O)c2ccc(Cl)cc2Cl)oc2cc(OCC3CO3)ccc12. The van der Waals surface area contributed by atoms with Gasteiger partial charge in [0.2, 0.25) is 5.78 Å². The molecule has 3 N–H and O–H groups in total. The molecule has 0 aliphatic carbocycles. The van der Waals surface area contributed by atoms with E-state index in [0.29, 0.717) is 35.0 Å². The Labute approximate surface area is 169 Å². The maximum Gasteiger partial charge on any atom is 0.316 e. The van der Waals surface area contributed by atoms with E-state index in [1.54, 1.807) is 18.2 Å². The first-order chi connectivity index (χ1) is 13.4. The second-order valence-electron chi connectivity index (χ2n) is 6.17. The van der Waals surface area contributed by atoms with Gasteiger partial charge in [-0.15, -0.1) is 0 Å². The number of hydrogen-bond donors (Lipinski definition) is 2. The van der Waals surface area contributed by atoms with Gasteiger partial charge in [-0.2, -0.15) is 0 Å². The molecule has 1 aliphatic heterocycles. The lowest BCUT2D eigenvalue weighted by atomic mass is 10.1. The van der Waals surface area contributed by atoms with Gasteiger partial charge in [0.15, 0.2) is 5.76 Å². The fourth-order valence-corrected chi connectivity index (χ4v) is 3.22. The third kappa shape index (κ3) is 3.77. The average Bonchev–Trinajstić information content (AvgIpc) is 3.41. The van der Waals surface area contributed by atoms with E-state index in [4.69, 9.17) is 42.8 Å². The van der Waals surface area contributed by atoms with Crippen LogP contribution in [0, 0.1) is 0 Å². The van der Waals surface area contributed by atoms with E-state index in [9.17, 15) is 9.59 Å². The number of anilines is 1. The Morgan fingerprint density at radius 1 is 1.21 bits per heavy atom. The summed E-state index contributed by atoms with van der Waals surface area (Å²) in [5.74, 6) is -0.0675. The van der Waals surface area contributed by atoms with Crippen LogP contribution in [-0.2, 0) is 4.74 Å². The molecule has 28 heavy (non-hydrogen) atoms. The highest BCUT2D eigenvalue weighted by Crippen LogP contribution is 2.36. The van der Waals surface area contributed by atoms with Crippen LogP contribution in [0.1, 0.15) is 16.1 Å². The predicted octanol–water partition coefficient (Wildman–Crippen LogP) is 4.24. The number of carbonyl (C=O) groups is 2. The number of nitrogens with two attached hydrogens (primary N) is 1. The van der Waals surface area contributed by atoms with Gasteiger partial charge >= 0.3 is 6.03 Å². The second kappa shape index (κ2) is 7.35. The molecule has 0 bridgehead atoms. The Hall–Kier alpha value is -2.74. The number of ketones is 1. The molecular formula is C19H14Cl2N2O5. The molecular weight excluding hydrogens is 407 g/mol. The van der Waals surface area contributed by atoms with Crippen LogP contribution < -0.4 is 15.8 Å². The number of urea groups is 1. The molecule has 9 heteroatoms. The smallest absolute Gasteiger partial charge is 0.316 e. The van der Waals surface area contributed by atoms with Gasteiger partial charge in [-0.05, 0) is 30.3 Å². The molecule has 1 unspecified atom stereocenters. The van der Waals surface area contributed by atoms with Crippen LogP contribution in [0.25, 0.3) is 11.0 Å². The van der Waals surface area contributed by atoms with E-state index in [2.05, 4.69) is 5.32 Å². The first-order valence-corrected chi connectivity index (χ1v) is 9.05. The largest absolute Gasteiger partial charge is 0.491 e. The summed E-state index contributed by atoms with van der Waals surface area (Å²) in [7, 11) is 0. The summed E-state index contributed by atoms with van der Waals surface area (Å²) in [6, 6.07) is 8.65. The average molecular weight is 421 g/mol. The standard InChI is InChI=1S/C19H14Cl2N2O5/c20-9-1-3-12(14(21)5-9)17(24)18-16(23-19(22)25)13-4-2-10(6-15(13)28-18)26-7-11-8-27-11/h1-6,11H,7-8H2,(H3,22,23,25). The van der Waals surface area contributed by atoms with Crippen molar-refractivity contribution in [1.29, 1.82) is 0 Å². The molecule has 1 aliphatic rings. The third-order valence-corrected chi connectivity index (χ3v) is 4.68. The first kappa shape index (κ1) is 18.6. The summed E-state index contributed by atoms with van der Waals surface area (Å²) >= 11 is 12.0. The maximum absolute atomic E-state index is 13.0. The highest BCUT2D eigenvalue weighted by molar-refractivity contribution is 6.37. The lowest BCUT2D eigenvalue weighted by molar-refractivity contribution is 0.101. The van der Waals surface area contributed by atoms with Gasteiger partial charge in [0, 0.05) is 22.0 Å². The number of epoxide rings is 1. The van der Waals surface area contributed by atoms with Crippen molar-refractivity contribution < 1.29 is 23.5 Å². The summed E-state index contributed by atoms with van der Waals surface area (Å²) in [5.41, 5.74) is 5.96. The van der Waals surface area contributed by atoms with Gasteiger partial charge in [-0.3, -0.25) is 4.79 Å². The fourth-order valence-electron chi connectivity index (χ4n) is 2.72. The predicted molar refractivity (Wildman–Crippen MR) is 105 cm³/mol. The molecule has 2 aromatic carbocycles. The number of primary amides is 1. The van der Waals surface area contributed by atoms with Crippen molar-refractivity contribution in [2.75, 3.05) is 18.5 Å². The Balaban J connectivity index is 1.76. The molecule has 0 spiro atoms. The van der Waals surface area contributed by atoms with E-state index in [1.807, 2.05) is 0 Å². The van der Waals surface area contributed by atoms with E-state index in [-0.39, 0.29) is 28.1 Å². The zero-order valence-corrected chi connectivity index (χ0v) is 15.8. The lowest BCUT2D eigenvalue weighted by Gasteiger charge is -2.05. The van der Waals surface area contributed by atoms with Gasteiger partial charge in [0.1, 0.15) is 29.7 Å². The Morgan fingerprint density at radius 2 is 2.00 bits per heavy atom. The number of benzene rings is 2. The molecule has 2 amide bonds. The second-order valence-corrected chi connectivity index (χ2v) is 7.02. The highest BCUT2D eigenvalue weighted by atomic mass is 35.5. The van der Waals surface area contributed by atoms with Crippen LogP contribution >= 0.6 is 23.2 Å². The van der Waals surface area contributed by atoms with Gasteiger partial charge in [-0.25, -0.2) is 4.79 Å². The van der Waals surface area contributed by atoms with Crippen LogP contribution in [0.15, 0.2) is 40.8 Å². The quantitative estimate of drug-likeness (QED) is 0.457. The van der Waals surface area contributed by atoms with Crippen molar-refractivity contribution in [3.8, 4) is 5.75 Å². The van der Waals surface area contributed by atoms with Crippen LogP contribution in [0.2, 0.25) is 10.0 Å². The van der Waals surface area contributed by atoms with Crippen molar-refractivity contribution >= 4 is 51.7 Å². The number of carbonyl (C=O) groups excluding carboxylic acids is 2. The summed E-state index contributed by atoms with van der Waals surface area (Å²) in [6.45, 7) is 1.10. The minimum atomic E-state index is -0.829. The molecule has 4 rings (SSSR count). The fraction of sp³-hybridized carbons (Fsp3) is 0.158. The first-order valence-electron chi connectivity index (χ1n) is 8.29. The molecule has 0 radical (unpaired) electrons. The molecule has 1 saturated heterocycles. The summed E-state index contributed by atoms with van der Waals surface area (Å²) in [5, 5.41) is 3.51. The van der Waals surface area contributed by atoms with Crippen molar-refractivity contribution in [2.24, 2.45) is 5.73 Å². The van der Waals surface area contributed by atoms with Crippen LogP contribution in [0.3, 0.4) is 0 Å². The number of nitrogens with one attached hydrogen (secondary N) is 1.